The average Bonchev–Trinajstić information content (AvgIpc) is 2.65. The van der Waals surface area contributed by atoms with Crippen LogP contribution in [0, 0.1) is 17.2 Å². The number of ether oxygens (including phenoxy) is 1. The number of nitrogens with one attached hydrogen (secondary N) is 2. The number of esters is 1. The van der Waals surface area contributed by atoms with Crippen molar-refractivity contribution in [2.45, 2.75) is 32.1 Å². The molecule has 2 N–H and O–H groups in total. The fourth-order valence-electron chi connectivity index (χ4n) is 2.74. The van der Waals surface area contributed by atoms with Crippen LogP contribution >= 0.6 is 0 Å². The highest BCUT2D eigenvalue weighted by Gasteiger charge is 2.21. The van der Waals surface area contributed by atoms with Gasteiger partial charge in [0.15, 0.2) is 6.61 Å². The first kappa shape index (κ1) is 18.5. The Balaban J connectivity index is 1.69. The second-order valence-corrected chi connectivity index (χ2v) is 5.92. The molecule has 0 bridgehead atoms. The zero-order chi connectivity index (χ0) is 18.1. The number of carbonyl (C=O) groups excluding carboxylic acids is 3. The maximum absolute atomic E-state index is 11.9. The van der Waals surface area contributed by atoms with Gasteiger partial charge in [-0.2, -0.15) is 5.26 Å². The molecule has 1 fully saturated rings. The Kier molecular flexibility index (Phi) is 6.96. The van der Waals surface area contributed by atoms with Crippen LogP contribution in [0.5, 0.6) is 0 Å². The van der Waals surface area contributed by atoms with Gasteiger partial charge in [0.2, 0.25) is 5.91 Å². The molecule has 0 aromatic heterocycles. The van der Waals surface area contributed by atoms with E-state index in [1.54, 1.807) is 24.3 Å². The molecule has 1 aromatic carbocycles. The minimum Gasteiger partial charge on any atom is -0.454 e. The Morgan fingerprint density at radius 3 is 2.60 bits per heavy atom. The zero-order valence-electron chi connectivity index (χ0n) is 13.9. The van der Waals surface area contributed by atoms with Crippen molar-refractivity contribution in [2.75, 3.05) is 18.5 Å². The summed E-state index contributed by atoms with van der Waals surface area (Å²) < 4.78 is 4.84. The first-order valence-electron chi connectivity index (χ1n) is 8.32. The van der Waals surface area contributed by atoms with Crippen molar-refractivity contribution < 1.29 is 19.1 Å². The van der Waals surface area contributed by atoms with E-state index >= 15 is 0 Å². The fourth-order valence-corrected chi connectivity index (χ4v) is 2.74. The number of para-hydroxylation sites is 1. The SMILES string of the molecule is N#Cc1ccccc1NC(=O)COC(=O)CNC(=O)C1CCCCC1. The Morgan fingerprint density at radius 1 is 1.16 bits per heavy atom. The van der Waals surface area contributed by atoms with E-state index in [2.05, 4.69) is 10.6 Å². The summed E-state index contributed by atoms with van der Waals surface area (Å²) >= 11 is 0. The van der Waals surface area contributed by atoms with Gasteiger partial charge in [-0.3, -0.25) is 14.4 Å². The van der Waals surface area contributed by atoms with E-state index in [-0.39, 0.29) is 18.4 Å². The van der Waals surface area contributed by atoms with Gasteiger partial charge >= 0.3 is 5.97 Å². The number of amides is 2. The van der Waals surface area contributed by atoms with Crippen LogP contribution in [0.4, 0.5) is 5.69 Å². The summed E-state index contributed by atoms with van der Waals surface area (Å²) in [5, 5.41) is 14.0. The Morgan fingerprint density at radius 2 is 1.88 bits per heavy atom. The third-order valence-electron chi connectivity index (χ3n) is 4.07. The van der Waals surface area contributed by atoms with Crippen LogP contribution in [0.3, 0.4) is 0 Å². The number of rotatable bonds is 6. The second kappa shape index (κ2) is 9.42. The minimum atomic E-state index is -0.673. The number of benzene rings is 1. The van der Waals surface area contributed by atoms with Crippen LogP contribution in [0.2, 0.25) is 0 Å². The van der Waals surface area contributed by atoms with Crippen molar-refractivity contribution in [1.29, 1.82) is 5.26 Å². The van der Waals surface area contributed by atoms with Crippen molar-refractivity contribution in [2.24, 2.45) is 5.92 Å². The topological polar surface area (TPSA) is 108 Å². The molecule has 7 heteroatoms. The lowest BCUT2D eigenvalue weighted by Crippen LogP contribution is -2.36. The molecule has 0 spiro atoms. The van der Waals surface area contributed by atoms with E-state index in [1.807, 2.05) is 6.07 Å². The van der Waals surface area contributed by atoms with Gasteiger partial charge in [0, 0.05) is 5.92 Å². The van der Waals surface area contributed by atoms with Crippen molar-refractivity contribution in [3.8, 4) is 6.07 Å². The lowest BCUT2D eigenvalue weighted by molar-refractivity contribution is -0.147. The van der Waals surface area contributed by atoms with Gasteiger partial charge in [0.1, 0.15) is 12.6 Å². The van der Waals surface area contributed by atoms with Crippen LogP contribution in [-0.4, -0.2) is 30.9 Å². The summed E-state index contributed by atoms with van der Waals surface area (Å²) in [7, 11) is 0. The number of anilines is 1. The highest BCUT2D eigenvalue weighted by atomic mass is 16.5. The van der Waals surface area contributed by atoms with E-state index in [0.717, 1.165) is 32.1 Å². The molecule has 0 aliphatic heterocycles. The molecule has 25 heavy (non-hydrogen) atoms. The van der Waals surface area contributed by atoms with Crippen molar-refractivity contribution in [3.05, 3.63) is 29.8 Å². The molecular weight excluding hydrogens is 322 g/mol. The molecule has 2 rings (SSSR count). The van der Waals surface area contributed by atoms with Gasteiger partial charge in [0.05, 0.1) is 11.3 Å². The van der Waals surface area contributed by atoms with E-state index in [4.69, 9.17) is 10.00 Å². The Labute approximate surface area is 146 Å². The fraction of sp³-hybridized carbons (Fsp3) is 0.444. The highest BCUT2D eigenvalue weighted by molar-refractivity contribution is 5.94. The first-order valence-corrected chi connectivity index (χ1v) is 8.32. The van der Waals surface area contributed by atoms with E-state index in [0.29, 0.717) is 11.3 Å². The van der Waals surface area contributed by atoms with Crippen molar-refractivity contribution >= 4 is 23.5 Å². The van der Waals surface area contributed by atoms with Crippen LogP contribution in [-0.2, 0) is 19.1 Å². The second-order valence-electron chi connectivity index (χ2n) is 5.92. The third kappa shape index (κ3) is 5.92. The molecule has 1 saturated carbocycles. The van der Waals surface area contributed by atoms with Gasteiger partial charge in [-0.1, -0.05) is 31.4 Å². The molecule has 1 aliphatic carbocycles. The van der Waals surface area contributed by atoms with Crippen LogP contribution in [0.25, 0.3) is 0 Å². The normalized spacial score (nSPS) is 14.2. The van der Waals surface area contributed by atoms with Crippen LogP contribution in [0.1, 0.15) is 37.7 Å². The van der Waals surface area contributed by atoms with Crippen molar-refractivity contribution in [3.63, 3.8) is 0 Å². The Bertz CT molecular complexity index is 675. The van der Waals surface area contributed by atoms with Crippen molar-refractivity contribution in [1.82, 2.24) is 5.32 Å². The highest BCUT2D eigenvalue weighted by Crippen LogP contribution is 2.23. The summed E-state index contributed by atoms with van der Waals surface area (Å²) in [5.74, 6) is -1.39. The van der Waals surface area contributed by atoms with Crippen LogP contribution < -0.4 is 10.6 Å². The molecule has 0 heterocycles. The number of hydrogen-bond acceptors (Lipinski definition) is 5. The maximum atomic E-state index is 11.9. The molecule has 0 radical (unpaired) electrons. The summed E-state index contributed by atoms with van der Waals surface area (Å²) in [6, 6.07) is 8.49. The quantitative estimate of drug-likeness (QED) is 0.765. The van der Waals surface area contributed by atoms with Gasteiger partial charge in [-0.15, -0.1) is 0 Å². The van der Waals surface area contributed by atoms with E-state index < -0.39 is 18.5 Å². The minimum absolute atomic E-state index is 0.0349. The summed E-state index contributed by atoms with van der Waals surface area (Å²) in [4.78, 5) is 35.4. The predicted octanol–water partition coefficient (Wildman–Crippen LogP) is 1.74. The molecule has 1 aliphatic rings. The smallest absolute Gasteiger partial charge is 0.325 e. The Hall–Kier alpha value is -2.88. The molecule has 0 saturated heterocycles. The molecule has 132 valence electrons. The summed E-state index contributed by atoms with van der Waals surface area (Å²) in [6.45, 7) is -0.727. The van der Waals surface area contributed by atoms with E-state index in [1.165, 1.54) is 0 Å². The molecule has 0 unspecified atom stereocenters. The lowest BCUT2D eigenvalue weighted by atomic mass is 9.89. The first-order chi connectivity index (χ1) is 12.1. The lowest BCUT2D eigenvalue weighted by Gasteiger charge is -2.20. The standard InChI is InChI=1S/C18H21N3O4/c19-10-14-8-4-5-9-15(14)21-16(22)12-25-17(23)11-20-18(24)13-6-2-1-3-7-13/h4-5,8-9,13H,1-3,6-7,11-12H2,(H,20,24)(H,21,22). The molecule has 2 amide bonds. The monoisotopic (exact) mass is 343 g/mol. The number of nitriles is 1. The molecule has 0 atom stereocenters. The molecular formula is C18H21N3O4. The number of hydrogen-bond donors (Lipinski definition) is 2. The zero-order valence-corrected chi connectivity index (χ0v) is 13.9. The number of carbonyl (C=O) groups is 3. The third-order valence-corrected chi connectivity index (χ3v) is 4.07. The average molecular weight is 343 g/mol. The largest absolute Gasteiger partial charge is 0.454 e. The van der Waals surface area contributed by atoms with Crippen LogP contribution in [0.15, 0.2) is 24.3 Å². The molecule has 7 nitrogen and oxygen atoms in total. The van der Waals surface area contributed by atoms with Gasteiger partial charge in [0.25, 0.3) is 5.91 Å². The number of nitrogens with zero attached hydrogens (tertiary/aromatic N) is 1. The maximum Gasteiger partial charge on any atom is 0.325 e. The van der Waals surface area contributed by atoms with Gasteiger partial charge < -0.3 is 15.4 Å². The van der Waals surface area contributed by atoms with Gasteiger partial charge in [-0.25, -0.2) is 0 Å². The predicted molar refractivity (Wildman–Crippen MR) is 90.3 cm³/mol. The van der Waals surface area contributed by atoms with E-state index in [9.17, 15) is 14.4 Å². The van der Waals surface area contributed by atoms with Gasteiger partial charge in [-0.05, 0) is 25.0 Å². The molecule has 1 aromatic rings. The summed E-state index contributed by atoms with van der Waals surface area (Å²) in [5.41, 5.74) is 0.679. The summed E-state index contributed by atoms with van der Waals surface area (Å²) in [6.07, 6.45) is 4.92.